The third-order valence-corrected chi connectivity index (χ3v) is 2.50. The van der Waals surface area contributed by atoms with Gasteiger partial charge in [-0.1, -0.05) is 29.8 Å². The van der Waals surface area contributed by atoms with Gasteiger partial charge in [0.2, 0.25) is 0 Å². The zero-order valence-corrected chi connectivity index (χ0v) is 8.50. The van der Waals surface area contributed by atoms with Gasteiger partial charge in [-0.25, -0.2) is 0 Å². The maximum Gasteiger partial charge on any atom is 0.158 e. The first kappa shape index (κ1) is 9.47. The summed E-state index contributed by atoms with van der Waals surface area (Å²) < 4.78 is 0. The molecule has 0 amide bonds. The molecule has 0 saturated heterocycles. The average molecular weight is 207 g/mol. The Kier molecular flexibility index (Phi) is 2.69. The molecule has 1 aromatic rings. The molecule has 1 aliphatic rings. The first-order valence-electron chi connectivity index (χ1n) is 4.73. The van der Waals surface area contributed by atoms with E-state index in [-0.39, 0.29) is 5.78 Å². The second-order valence-electron chi connectivity index (χ2n) is 3.56. The van der Waals surface area contributed by atoms with Crippen molar-refractivity contribution in [2.24, 2.45) is 5.92 Å². The normalized spacial score (nSPS) is 16.1. The van der Waals surface area contributed by atoms with Crippen LogP contribution < -0.4 is 0 Å². The van der Waals surface area contributed by atoms with Crippen LogP contribution in [0.15, 0.2) is 30.3 Å². The molecule has 1 nitrogen and oxygen atoms in total. The van der Waals surface area contributed by atoms with E-state index in [4.69, 9.17) is 11.6 Å². The highest BCUT2D eigenvalue weighted by atomic mass is 35.5. The van der Waals surface area contributed by atoms with Gasteiger partial charge in [0.25, 0.3) is 0 Å². The SMILES string of the molecule is O=C(/C=C/c1cccc(Cl)c1)C1CC1. The van der Waals surface area contributed by atoms with Gasteiger partial charge in [0.1, 0.15) is 0 Å². The third kappa shape index (κ3) is 2.46. The summed E-state index contributed by atoms with van der Waals surface area (Å²) in [6.45, 7) is 0. The van der Waals surface area contributed by atoms with Crippen LogP contribution in [0.5, 0.6) is 0 Å². The summed E-state index contributed by atoms with van der Waals surface area (Å²) in [7, 11) is 0. The fraction of sp³-hybridized carbons (Fsp3) is 0.250. The Morgan fingerprint density at radius 1 is 1.43 bits per heavy atom. The summed E-state index contributed by atoms with van der Waals surface area (Å²) >= 11 is 5.82. The lowest BCUT2D eigenvalue weighted by Gasteiger charge is -1.93. The van der Waals surface area contributed by atoms with Gasteiger partial charge in [0.15, 0.2) is 5.78 Å². The molecule has 1 saturated carbocycles. The Morgan fingerprint density at radius 2 is 2.21 bits per heavy atom. The molecule has 0 spiro atoms. The maximum atomic E-state index is 11.3. The largest absolute Gasteiger partial charge is 0.295 e. The fourth-order valence-electron chi connectivity index (χ4n) is 1.29. The van der Waals surface area contributed by atoms with Crippen molar-refractivity contribution < 1.29 is 4.79 Å². The molecule has 0 bridgehead atoms. The second kappa shape index (κ2) is 3.97. The lowest BCUT2D eigenvalue weighted by atomic mass is 10.1. The lowest BCUT2D eigenvalue weighted by Crippen LogP contribution is -1.93. The summed E-state index contributed by atoms with van der Waals surface area (Å²) in [6, 6.07) is 7.48. The van der Waals surface area contributed by atoms with Crippen LogP contribution in [0.3, 0.4) is 0 Å². The number of carbonyl (C=O) groups is 1. The van der Waals surface area contributed by atoms with Crippen LogP contribution in [0, 0.1) is 5.92 Å². The van der Waals surface area contributed by atoms with E-state index in [1.54, 1.807) is 6.08 Å². The van der Waals surface area contributed by atoms with Crippen molar-refractivity contribution in [1.82, 2.24) is 0 Å². The van der Waals surface area contributed by atoms with Crippen molar-refractivity contribution in [2.75, 3.05) is 0 Å². The van der Waals surface area contributed by atoms with Gasteiger partial charge in [0.05, 0.1) is 0 Å². The van der Waals surface area contributed by atoms with E-state index in [1.165, 1.54) is 0 Å². The Morgan fingerprint density at radius 3 is 2.86 bits per heavy atom. The van der Waals surface area contributed by atoms with E-state index >= 15 is 0 Å². The van der Waals surface area contributed by atoms with E-state index in [2.05, 4.69) is 0 Å². The smallest absolute Gasteiger partial charge is 0.158 e. The molecule has 0 atom stereocenters. The van der Waals surface area contributed by atoms with Gasteiger partial charge in [-0.05, 0) is 36.6 Å². The Hall–Kier alpha value is -1.08. The molecule has 0 aliphatic heterocycles. The number of allylic oxidation sites excluding steroid dienone is 1. The fourth-order valence-corrected chi connectivity index (χ4v) is 1.49. The van der Waals surface area contributed by atoms with E-state index in [9.17, 15) is 4.79 Å². The number of hydrogen-bond donors (Lipinski definition) is 0. The highest BCUT2D eigenvalue weighted by Gasteiger charge is 2.27. The number of hydrogen-bond acceptors (Lipinski definition) is 1. The monoisotopic (exact) mass is 206 g/mol. The van der Waals surface area contributed by atoms with Crippen molar-refractivity contribution in [1.29, 1.82) is 0 Å². The average Bonchev–Trinajstić information content (AvgIpc) is 2.97. The van der Waals surface area contributed by atoms with Crippen LogP contribution in [0.1, 0.15) is 18.4 Å². The topological polar surface area (TPSA) is 17.1 Å². The summed E-state index contributed by atoms with van der Waals surface area (Å²) in [5, 5.41) is 0.700. The van der Waals surface area contributed by atoms with Gasteiger partial charge >= 0.3 is 0 Å². The molecule has 0 N–H and O–H groups in total. The number of ketones is 1. The van der Waals surface area contributed by atoms with Crippen molar-refractivity contribution in [2.45, 2.75) is 12.8 Å². The molecule has 1 aliphatic carbocycles. The highest BCUT2D eigenvalue weighted by Crippen LogP contribution is 2.30. The second-order valence-corrected chi connectivity index (χ2v) is 4.00. The van der Waals surface area contributed by atoms with Crippen LogP contribution in [0.25, 0.3) is 6.08 Å². The number of carbonyl (C=O) groups excluding carboxylic acids is 1. The predicted molar refractivity (Wildman–Crippen MR) is 58.2 cm³/mol. The predicted octanol–water partition coefficient (Wildman–Crippen LogP) is 3.33. The van der Waals surface area contributed by atoms with Crippen molar-refractivity contribution in [3.05, 3.63) is 40.9 Å². The summed E-state index contributed by atoms with van der Waals surface area (Å²) in [4.78, 5) is 11.3. The lowest BCUT2D eigenvalue weighted by molar-refractivity contribution is -0.115. The van der Waals surface area contributed by atoms with Crippen LogP contribution >= 0.6 is 11.6 Å². The highest BCUT2D eigenvalue weighted by molar-refractivity contribution is 6.30. The van der Waals surface area contributed by atoms with E-state index in [0.29, 0.717) is 10.9 Å². The Labute approximate surface area is 88.4 Å². The molecule has 0 aromatic heterocycles. The molecule has 1 aromatic carbocycles. The van der Waals surface area contributed by atoms with Crippen LogP contribution in [-0.2, 0) is 4.79 Å². The molecule has 0 unspecified atom stereocenters. The zero-order chi connectivity index (χ0) is 9.97. The standard InChI is InChI=1S/C12H11ClO/c13-11-3-1-2-9(8-11)4-7-12(14)10-5-6-10/h1-4,7-8,10H,5-6H2/b7-4+. The minimum atomic E-state index is 0.241. The van der Waals surface area contributed by atoms with E-state index in [0.717, 1.165) is 18.4 Å². The molecule has 0 heterocycles. The van der Waals surface area contributed by atoms with Crippen molar-refractivity contribution in [3.8, 4) is 0 Å². The van der Waals surface area contributed by atoms with Crippen LogP contribution in [0.2, 0.25) is 5.02 Å². The minimum Gasteiger partial charge on any atom is -0.295 e. The van der Waals surface area contributed by atoms with Gasteiger partial charge in [-0.3, -0.25) is 4.79 Å². The molecule has 0 radical (unpaired) electrons. The molecule has 2 heteroatoms. The molecule has 2 rings (SSSR count). The van der Waals surface area contributed by atoms with E-state index in [1.807, 2.05) is 30.3 Å². The third-order valence-electron chi connectivity index (χ3n) is 2.27. The quantitative estimate of drug-likeness (QED) is 0.694. The van der Waals surface area contributed by atoms with Crippen LogP contribution in [-0.4, -0.2) is 5.78 Å². The summed E-state index contributed by atoms with van der Waals surface area (Å²) in [6.07, 6.45) is 5.59. The molecular weight excluding hydrogens is 196 g/mol. The summed E-state index contributed by atoms with van der Waals surface area (Å²) in [5.41, 5.74) is 0.978. The minimum absolute atomic E-state index is 0.241. The van der Waals surface area contributed by atoms with Gasteiger partial charge < -0.3 is 0 Å². The molecule has 72 valence electrons. The van der Waals surface area contributed by atoms with Crippen LogP contribution in [0.4, 0.5) is 0 Å². The van der Waals surface area contributed by atoms with Crippen molar-refractivity contribution in [3.63, 3.8) is 0 Å². The van der Waals surface area contributed by atoms with E-state index < -0.39 is 0 Å². The van der Waals surface area contributed by atoms with Gasteiger partial charge in [0, 0.05) is 10.9 Å². The van der Waals surface area contributed by atoms with Gasteiger partial charge in [-0.15, -0.1) is 0 Å². The first-order valence-corrected chi connectivity index (χ1v) is 5.11. The van der Waals surface area contributed by atoms with Gasteiger partial charge in [-0.2, -0.15) is 0 Å². The number of benzene rings is 1. The molecule has 14 heavy (non-hydrogen) atoms. The Bertz CT molecular complexity index is 378. The zero-order valence-electron chi connectivity index (χ0n) is 7.74. The number of halogens is 1. The summed E-state index contributed by atoms with van der Waals surface area (Å²) in [5.74, 6) is 0.537. The molecule has 1 fully saturated rings. The van der Waals surface area contributed by atoms with Crippen molar-refractivity contribution >= 4 is 23.5 Å². The molecular formula is C12H11ClO. The number of rotatable bonds is 3. The Balaban J connectivity index is 2.05. The maximum absolute atomic E-state index is 11.3. The first-order chi connectivity index (χ1) is 6.75.